The van der Waals surface area contributed by atoms with Gasteiger partial charge in [-0.2, -0.15) is 0 Å². The van der Waals surface area contributed by atoms with Crippen LogP contribution in [0, 0.1) is 0 Å². The molecular formula is C10H20N2O. The molecule has 1 amide bonds. The summed E-state index contributed by atoms with van der Waals surface area (Å²) in [6.45, 7) is 1.04. The summed E-state index contributed by atoms with van der Waals surface area (Å²) in [7, 11) is 0. The van der Waals surface area contributed by atoms with Crippen molar-refractivity contribution in [3.8, 4) is 0 Å². The first-order valence-corrected chi connectivity index (χ1v) is 5.31. The molecule has 0 unspecified atom stereocenters. The number of primary amides is 1. The average molecular weight is 184 g/mol. The molecule has 1 fully saturated rings. The molecule has 1 rings (SSSR count). The molecule has 0 saturated heterocycles. The first-order chi connectivity index (χ1) is 6.29. The van der Waals surface area contributed by atoms with Crippen LogP contribution < -0.4 is 11.1 Å². The van der Waals surface area contributed by atoms with Crippen LogP contribution in [0.2, 0.25) is 0 Å². The van der Waals surface area contributed by atoms with Gasteiger partial charge in [0, 0.05) is 12.5 Å². The summed E-state index contributed by atoms with van der Waals surface area (Å²) in [5, 5.41) is 3.50. The van der Waals surface area contributed by atoms with Crippen LogP contribution in [-0.2, 0) is 4.79 Å². The van der Waals surface area contributed by atoms with Crippen molar-refractivity contribution in [1.29, 1.82) is 0 Å². The van der Waals surface area contributed by atoms with Crippen LogP contribution in [0.5, 0.6) is 0 Å². The number of rotatable bonds is 6. The smallest absolute Gasteiger partial charge is 0.217 e. The molecule has 3 N–H and O–H groups in total. The quantitative estimate of drug-likeness (QED) is 0.609. The second kappa shape index (κ2) is 5.97. The van der Waals surface area contributed by atoms with Crippen LogP contribution in [0.15, 0.2) is 0 Å². The van der Waals surface area contributed by atoms with E-state index in [0.29, 0.717) is 6.42 Å². The summed E-state index contributed by atoms with van der Waals surface area (Å²) < 4.78 is 0. The van der Waals surface area contributed by atoms with Crippen molar-refractivity contribution in [1.82, 2.24) is 5.32 Å². The second-order valence-electron chi connectivity index (χ2n) is 3.86. The van der Waals surface area contributed by atoms with E-state index in [-0.39, 0.29) is 5.91 Å². The number of hydrogen-bond donors (Lipinski definition) is 2. The number of carbonyl (C=O) groups excluding carboxylic acids is 1. The summed E-state index contributed by atoms with van der Waals surface area (Å²) in [4.78, 5) is 10.4. The summed E-state index contributed by atoms with van der Waals surface area (Å²) in [5.41, 5.74) is 5.04. The molecule has 1 aliphatic rings. The van der Waals surface area contributed by atoms with Gasteiger partial charge in [-0.05, 0) is 32.2 Å². The third-order valence-corrected chi connectivity index (χ3v) is 2.64. The molecular weight excluding hydrogens is 164 g/mol. The molecule has 0 heterocycles. The van der Waals surface area contributed by atoms with Crippen LogP contribution in [0.1, 0.15) is 44.9 Å². The lowest BCUT2D eigenvalue weighted by Gasteiger charge is -2.10. The number of hydrogen-bond acceptors (Lipinski definition) is 2. The van der Waals surface area contributed by atoms with E-state index in [2.05, 4.69) is 5.32 Å². The minimum absolute atomic E-state index is 0.180. The predicted octanol–water partition coefficient (Wildman–Crippen LogP) is 1.17. The molecule has 1 saturated carbocycles. The maximum absolute atomic E-state index is 10.4. The second-order valence-corrected chi connectivity index (χ2v) is 3.86. The van der Waals surface area contributed by atoms with Gasteiger partial charge in [0.25, 0.3) is 0 Å². The van der Waals surface area contributed by atoms with Gasteiger partial charge in [0.05, 0.1) is 0 Å². The number of amides is 1. The fraction of sp³-hybridized carbons (Fsp3) is 0.900. The van der Waals surface area contributed by atoms with Gasteiger partial charge in [0.2, 0.25) is 5.91 Å². The first kappa shape index (κ1) is 10.5. The Morgan fingerprint density at radius 3 is 2.62 bits per heavy atom. The summed E-state index contributed by atoms with van der Waals surface area (Å²) in [5.74, 6) is -0.180. The molecule has 13 heavy (non-hydrogen) atoms. The van der Waals surface area contributed by atoms with Gasteiger partial charge in [-0.1, -0.05) is 12.8 Å². The normalized spacial score (nSPS) is 17.8. The van der Waals surface area contributed by atoms with Crippen LogP contribution in [-0.4, -0.2) is 18.5 Å². The minimum Gasteiger partial charge on any atom is -0.370 e. The minimum atomic E-state index is -0.180. The molecule has 1 aliphatic carbocycles. The zero-order valence-electron chi connectivity index (χ0n) is 8.22. The Morgan fingerprint density at radius 1 is 1.31 bits per heavy atom. The number of nitrogens with two attached hydrogens (primary N) is 1. The number of nitrogens with one attached hydrogen (secondary N) is 1. The molecule has 3 nitrogen and oxygen atoms in total. The fourth-order valence-corrected chi connectivity index (χ4v) is 1.86. The maximum Gasteiger partial charge on any atom is 0.217 e. The van der Waals surface area contributed by atoms with E-state index in [0.717, 1.165) is 25.4 Å². The number of unbranched alkanes of at least 4 members (excludes halogenated alkanes) is 1. The highest BCUT2D eigenvalue weighted by atomic mass is 16.1. The van der Waals surface area contributed by atoms with E-state index in [4.69, 9.17) is 5.73 Å². The average Bonchev–Trinajstić information content (AvgIpc) is 2.55. The third-order valence-electron chi connectivity index (χ3n) is 2.64. The Morgan fingerprint density at radius 2 is 2.00 bits per heavy atom. The van der Waals surface area contributed by atoms with Crippen molar-refractivity contribution in [2.45, 2.75) is 51.0 Å². The molecule has 0 bridgehead atoms. The third kappa shape index (κ3) is 4.88. The lowest BCUT2D eigenvalue weighted by molar-refractivity contribution is -0.118. The fourth-order valence-electron chi connectivity index (χ4n) is 1.86. The highest BCUT2D eigenvalue weighted by molar-refractivity contribution is 5.73. The van der Waals surface area contributed by atoms with E-state index >= 15 is 0 Å². The van der Waals surface area contributed by atoms with E-state index in [1.807, 2.05) is 0 Å². The molecule has 0 radical (unpaired) electrons. The van der Waals surface area contributed by atoms with E-state index < -0.39 is 0 Å². The Kier molecular flexibility index (Phi) is 4.83. The Balaban J connectivity index is 1.86. The van der Waals surface area contributed by atoms with Crippen molar-refractivity contribution < 1.29 is 4.79 Å². The van der Waals surface area contributed by atoms with Gasteiger partial charge in [0.1, 0.15) is 0 Å². The van der Waals surface area contributed by atoms with Crippen LogP contribution >= 0.6 is 0 Å². The van der Waals surface area contributed by atoms with Gasteiger partial charge in [0.15, 0.2) is 0 Å². The van der Waals surface area contributed by atoms with Crippen molar-refractivity contribution >= 4 is 5.91 Å². The van der Waals surface area contributed by atoms with E-state index in [1.165, 1.54) is 25.7 Å². The SMILES string of the molecule is NC(=O)CCCCNC1CCCC1. The topological polar surface area (TPSA) is 55.1 Å². The molecule has 0 aromatic heterocycles. The van der Waals surface area contributed by atoms with Gasteiger partial charge in [-0.15, -0.1) is 0 Å². The Hall–Kier alpha value is -0.570. The van der Waals surface area contributed by atoms with Crippen molar-refractivity contribution in [2.24, 2.45) is 5.73 Å². The number of carbonyl (C=O) groups is 1. The monoisotopic (exact) mass is 184 g/mol. The molecule has 0 aromatic carbocycles. The maximum atomic E-state index is 10.4. The largest absolute Gasteiger partial charge is 0.370 e. The highest BCUT2D eigenvalue weighted by Gasteiger charge is 2.12. The lowest BCUT2D eigenvalue weighted by atomic mass is 10.2. The summed E-state index contributed by atoms with van der Waals surface area (Å²) in [6.07, 6.45) is 7.93. The molecule has 0 aliphatic heterocycles. The predicted molar refractivity (Wildman–Crippen MR) is 53.3 cm³/mol. The van der Waals surface area contributed by atoms with Crippen molar-refractivity contribution in [3.63, 3.8) is 0 Å². The van der Waals surface area contributed by atoms with Gasteiger partial charge >= 0.3 is 0 Å². The molecule has 0 spiro atoms. The molecule has 0 atom stereocenters. The lowest BCUT2D eigenvalue weighted by Crippen LogP contribution is -2.27. The summed E-state index contributed by atoms with van der Waals surface area (Å²) in [6, 6.07) is 0.744. The van der Waals surface area contributed by atoms with E-state index in [1.54, 1.807) is 0 Å². The molecule has 76 valence electrons. The Labute approximate surface area is 80.1 Å². The van der Waals surface area contributed by atoms with Crippen LogP contribution in [0.4, 0.5) is 0 Å². The van der Waals surface area contributed by atoms with Gasteiger partial charge in [-0.25, -0.2) is 0 Å². The summed E-state index contributed by atoms with van der Waals surface area (Å²) >= 11 is 0. The van der Waals surface area contributed by atoms with Gasteiger partial charge in [-0.3, -0.25) is 4.79 Å². The molecule has 0 aromatic rings. The van der Waals surface area contributed by atoms with Crippen LogP contribution in [0.25, 0.3) is 0 Å². The van der Waals surface area contributed by atoms with Gasteiger partial charge < -0.3 is 11.1 Å². The Bertz CT molecular complexity index is 153. The van der Waals surface area contributed by atoms with Crippen molar-refractivity contribution in [2.75, 3.05) is 6.54 Å². The van der Waals surface area contributed by atoms with E-state index in [9.17, 15) is 4.79 Å². The highest BCUT2D eigenvalue weighted by Crippen LogP contribution is 2.17. The van der Waals surface area contributed by atoms with Crippen molar-refractivity contribution in [3.05, 3.63) is 0 Å². The molecule has 3 heteroatoms. The van der Waals surface area contributed by atoms with Crippen LogP contribution in [0.3, 0.4) is 0 Å². The zero-order chi connectivity index (χ0) is 9.52. The zero-order valence-corrected chi connectivity index (χ0v) is 8.22. The first-order valence-electron chi connectivity index (χ1n) is 5.31. The standard InChI is InChI=1S/C10H20N2O/c11-10(13)7-3-4-8-12-9-5-1-2-6-9/h9,12H,1-8H2,(H2,11,13).